The number of hydrogen-bond donors (Lipinski definition) is 2. The van der Waals surface area contributed by atoms with Crippen LogP contribution in [0, 0.1) is 11.6 Å². The second kappa shape index (κ2) is 6.36. The molecule has 4 rings (SSSR count). The van der Waals surface area contributed by atoms with Crippen molar-refractivity contribution in [3.8, 4) is 11.3 Å². The highest BCUT2D eigenvalue weighted by molar-refractivity contribution is 6.12. The minimum Gasteiger partial charge on any atom is -0.382 e. The number of halogens is 2. The summed E-state index contributed by atoms with van der Waals surface area (Å²) in [4.78, 5) is 14.1. The zero-order valence-electron chi connectivity index (χ0n) is 13.4. The highest BCUT2D eigenvalue weighted by Crippen LogP contribution is 2.26. The Bertz CT molecular complexity index is 992. The van der Waals surface area contributed by atoms with E-state index in [1.54, 1.807) is 24.5 Å². The van der Waals surface area contributed by atoms with E-state index >= 15 is 0 Å². The van der Waals surface area contributed by atoms with Gasteiger partial charge in [0.15, 0.2) is 29.0 Å². The molecule has 0 atom stereocenters. The lowest BCUT2D eigenvalue weighted by atomic mass is 10.2. The smallest absolute Gasteiger partial charge is 0.184 e. The number of aromatic nitrogens is 3. The van der Waals surface area contributed by atoms with Crippen LogP contribution in [-0.2, 0) is 0 Å². The minimum atomic E-state index is -0.972. The fourth-order valence-corrected chi connectivity index (χ4v) is 2.62. The Hall–Kier alpha value is -3.62. The maximum Gasteiger partial charge on any atom is 0.184 e. The van der Waals surface area contributed by atoms with Gasteiger partial charge in [-0.2, -0.15) is 5.10 Å². The third-order valence-corrected chi connectivity index (χ3v) is 3.88. The van der Waals surface area contributed by atoms with Crippen LogP contribution >= 0.6 is 0 Å². The third kappa shape index (κ3) is 2.69. The van der Waals surface area contributed by atoms with E-state index in [-0.39, 0.29) is 29.7 Å². The first-order valence-electron chi connectivity index (χ1n) is 7.70. The first-order valence-corrected chi connectivity index (χ1v) is 7.70. The normalized spacial score (nSPS) is 13.5. The summed E-state index contributed by atoms with van der Waals surface area (Å²) < 4.78 is 27.8. The van der Waals surface area contributed by atoms with Gasteiger partial charge < -0.3 is 10.6 Å². The van der Waals surface area contributed by atoms with Gasteiger partial charge in [0.05, 0.1) is 17.6 Å². The topological polar surface area (TPSA) is 92.3 Å². The molecule has 0 radical (unpaired) electrons. The monoisotopic (exact) mass is 353 g/mol. The summed E-state index contributed by atoms with van der Waals surface area (Å²) in [6.07, 6.45) is 4.80. The van der Waals surface area contributed by atoms with Crippen molar-refractivity contribution < 1.29 is 8.78 Å². The quantitative estimate of drug-likeness (QED) is 0.749. The molecule has 0 fully saturated rings. The molecule has 0 saturated heterocycles. The molecule has 26 heavy (non-hydrogen) atoms. The van der Waals surface area contributed by atoms with E-state index in [4.69, 9.17) is 5.73 Å². The molecule has 0 aliphatic carbocycles. The second-order valence-electron chi connectivity index (χ2n) is 5.48. The van der Waals surface area contributed by atoms with Crippen LogP contribution in [0.2, 0.25) is 0 Å². The van der Waals surface area contributed by atoms with E-state index in [1.165, 1.54) is 23.2 Å². The lowest BCUT2D eigenvalue weighted by Crippen LogP contribution is -2.32. The van der Waals surface area contributed by atoms with Crippen molar-refractivity contribution in [3.63, 3.8) is 0 Å². The summed E-state index contributed by atoms with van der Waals surface area (Å²) in [6, 6.07) is 7.49. The minimum absolute atomic E-state index is 0.0317. The van der Waals surface area contributed by atoms with E-state index in [1.807, 2.05) is 0 Å². The van der Waals surface area contributed by atoms with Crippen LogP contribution in [0.3, 0.4) is 0 Å². The zero-order chi connectivity index (χ0) is 18.1. The van der Waals surface area contributed by atoms with E-state index in [0.29, 0.717) is 5.69 Å². The van der Waals surface area contributed by atoms with Crippen molar-refractivity contribution in [1.29, 1.82) is 0 Å². The summed E-state index contributed by atoms with van der Waals surface area (Å²) in [6.45, 7) is 0.149. The average Bonchev–Trinajstić information content (AvgIpc) is 3.14. The summed E-state index contributed by atoms with van der Waals surface area (Å²) in [7, 11) is 0. The number of nitrogens with two attached hydrogens (primary N) is 1. The standard InChI is InChI=1S/C17H13F2N7/c18-11-2-1-3-13(14(11)19)26-9-23-25-17(26)15-16(20)22-8-12(24-15)10-4-6-21-7-5-10/h1-8,23H,9H2,(H2,20,22). The Morgan fingerprint density at radius 1 is 1.12 bits per heavy atom. The summed E-state index contributed by atoms with van der Waals surface area (Å²) in [5, 5.41) is 4.14. The van der Waals surface area contributed by atoms with Crippen molar-refractivity contribution in [1.82, 2.24) is 20.4 Å². The molecule has 0 unspecified atom stereocenters. The van der Waals surface area contributed by atoms with Crippen LogP contribution in [0.25, 0.3) is 11.3 Å². The van der Waals surface area contributed by atoms with Gasteiger partial charge in [-0.1, -0.05) is 6.07 Å². The molecule has 0 saturated carbocycles. The molecule has 130 valence electrons. The lowest BCUT2D eigenvalue weighted by Gasteiger charge is -2.20. The van der Waals surface area contributed by atoms with E-state index in [2.05, 4.69) is 25.5 Å². The first kappa shape index (κ1) is 15.9. The fourth-order valence-electron chi connectivity index (χ4n) is 2.62. The molecule has 0 bridgehead atoms. The molecule has 1 aliphatic rings. The van der Waals surface area contributed by atoms with Gasteiger partial charge in [-0.15, -0.1) is 0 Å². The molecule has 0 spiro atoms. The number of hydrazone groups is 1. The van der Waals surface area contributed by atoms with E-state index < -0.39 is 11.6 Å². The van der Waals surface area contributed by atoms with E-state index in [9.17, 15) is 8.78 Å². The number of rotatable bonds is 3. The Balaban J connectivity index is 1.78. The predicted octanol–water partition coefficient (Wildman–Crippen LogP) is 2.13. The number of benzene rings is 1. The van der Waals surface area contributed by atoms with Gasteiger partial charge in [0, 0.05) is 18.0 Å². The van der Waals surface area contributed by atoms with Crippen molar-refractivity contribution in [2.75, 3.05) is 17.3 Å². The van der Waals surface area contributed by atoms with Gasteiger partial charge in [-0.25, -0.2) is 18.7 Å². The number of nitrogens with zero attached hydrogens (tertiary/aromatic N) is 5. The van der Waals surface area contributed by atoms with Gasteiger partial charge in [-0.3, -0.25) is 10.4 Å². The maximum atomic E-state index is 14.2. The number of nitrogen functional groups attached to an aromatic ring is 1. The molecule has 3 N–H and O–H groups in total. The van der Waals surface area contributed by atoms with Gasteiger partial charge in [0.25, 0.3) is 0 Å². The Morgan fingerprint density at radius 2 is 1.92 bits per heavy atom. The van der Waals surface area contributed by atoms with Crippen molar-refractivity contribution in [2.45, 2.75) is 0 Å². The molecule has 1 aliphatic heterocycles. The summed E-state index contributed by atoms with van der Waals surface area (Å²) in [5.41, 5.74) is 10.4. The zero-order valence-corrected chi connectivity index (χ0v) is 13.4. The lowest BCUT2D eigenvalue weighted by molar-refractivity contribution is 0.509. The van der Waals surface area contributed by atoms with Crippen LogP contribution in [0.4, 0.5) is 20.3 Å². The molecular weight excluding hydrogens is 340 g/mol. The highest BCUT2D eigenvalue weighted by Gasteiger charge is 2.27. The van der Waals surface area contributed by atoms with Gasteiger partial charge >= 0.3 is 0 Å². The number of amidine groups is 1. The van der Waals surface area contributed by atoms with Gasteiger partial charge in [0.2, 0.25) is 0 Å². The molecule has 0 amide bonds. The Morgan fingerprint density at radius 3 is 2.73 bits per heavy atom. The van der Waals surface area contributed by atoms with Crippen molar-refractivity contribution >= 4 is 17.3 Å². The molecule has 2 aromatic heterocycles. The van der Waals surface area contributed by atoms with Crippen molar-refractivity contribution in [3.05, 3.63) is 66.3 Å². The summed E-state index contributed by atoms with van der Waals surface area (Å²) >= 11 is 0. The maximum absolute atomic E-state index is 14.2. The van der Waals surface area contributed by atoms with Crippen LogP contribution in [-0.4, -0.2) is 27.5 Å². The second-order valence-corrected chi connectivity index (χ2v) is 5.48. The average molecular weight is 353 g/mol. The molecule has 3 heterocycles. The third-order valence-electron chi connectivity index (χ3n) is 3.88. The number of pyridine rings is 1. The first-order chi connectivity index (χ1) is 12.6. The summed E-state index contributed by atoms with van der Waals surface area (Å²) in [5.74, 6) is -1.53. The van der Waals surface area contributed by atoms with Crippen LogP contribution in [0.15, 0.2) is 54.0 Å². The largest absolute Gasteiger partial charge is 0.382 e. The molecule has 7 nitrogen and oxygen atoms in total. The molecule has 1 aromatic carbocycles. The highest BCUT2D eigenvalue weighted by atomic mass is 19.2. The Labute approximate surface area is 147 Å². The fraction of sp³-hybridized carbons (Fsp3) is 0.0588. The molecule has 9 heteroatoms. The predicted molar refractivity (Wildman–Crippen MR) is 93.1 cm³/mol. The molecule has 3 aromatic rings. The van der Waals surface area contributed by atoms with Crippen LogP contribution in [0.5, 0.6) is 0 Å². The van der Waals surface area contributed by atoms with Gasteiger partial charge in [0.1, 0.15) is 6.67 Å². The number of anilines is 2. The SMILES string of the molecule is Nc1ncc(-c2ccncc2)nc1C1=NNCN1c1cccc(F)c1F. The van der Waals surface area contributed by atoms with Gasteiger partial charge in [-0.05, 0) is 24.3 Å². The number of hydrogen-bond acceptors (Lipinski definition) is 7. The molecular formula is C17H13F2N7. The van der Waals surface area contributed by atoms with Crippen molar-refractivity contribution in [2.24, 2.45) is 5.10 Å². The van der Waals surface area contributed by atoms with E-state index in [0.717, 1.165) is 11.6 Å². The Kier molecular flexibility index (Phi) is 3.88. The van der Waals surface area contributed by atoms with Crippen LogP contribution in [0.1, 0.15) is 5.69 Å². The number of nitrogens with one attached hydrogen (secondary N) is 1. The van der Waals surface area contributed by atoms with Crippen LogP contribution < -0.4 is 16.1 Å².